The van der Waals surface area contributed by atoms with Crippen LogP contribution in [0.5, 0.6) is 5.75 Å². The first-order valence-corrected chi connectivity index (χ1v) is 7.02. The Morgan fingerprint density at radius 3 is 2.76 bits per heavy atom. The van der Waals surface area contributed by atoms with Gasteiger partial charge in [0.15, 0.2) is 6.10 Å². The number of ether oxygens (including phenoxy) is 1. The molecular formula is C16H20N4O. The molecule has 0 aliphatic rings. The van der Waals surface area contributed by atoms with Crippen molar-refractivity contribution in [1.82, 2.24) is 15.1 Å². The highest BCUT2D eigenvalue weighted by molar-refractivity contribution is 5.27. The minimum absolute atomic E-state index is 0.425. The standard InChI is InChI=1S/C16H20N4O/c1-13-10-19-20(12-13)8-7-18-11-15-3-5-16(6-4-15)21-14(2)9-17/h3-6,10,12,14,18H,7-8,11H2,1-2H3/t14-/m1/s1. The van der Waals surface area contributed by atoms with E-state index in [9.17, 15) is 0 Å². The van der Waals surface area contributed by atoms with Crippen LogP contribution in [0.1, 0.15) is 18.1 Å². The van der Waals surface area contributed by atoms with Crippen molar-refractivity contribution >= 4 is 0 Å². The lowest BCUT2D eigenvalue weighted by Gasteiger charge is -2.09. The predicted molar refractivity (Wildman–Crippen MR) is 80.8 cm³/mol. The molecule has 5 nitrogen and oxygen atoms in total. The van der Waals surface area contributed by atoms with Crippen LogP contribution < -0.4 is 10.1 Å². The highest BCUT2D eigenvalue weighted by atomic mass is 16.5. The van der Waals surface area contributed by atoms with Crippen molar-refractivity contribution in [3.05, 3.63) is 47.8 Å². The second-order valence-corrected chi connectivity index (χ2v) is 4.99. The molecule has 0 aliphatic carbocycles. The zero-order valence-electron chi connectivity index (χ0n) is 12.4. The van der Waals surface area contributed by atoms with Gasteiger partial charge in [0.05, 0.1) is 12.7 Å². The summed E-state index contributed by atoms with van der Waals surface area (Å²) in [5.41, 5.74) is 2.36. The highest BCUT2D eigenvalue weighted by Crippen LogP contribution is 2.13. The Labute approximate surface area is 125 Å². The van der Waals surface area contributed by atoms with Crippen LogP contribution in [-0.4, -0.2) is 22.4 Å². The number of aromatic nitrogens is 2. The van der Waals surface area contributed by atoms with Crippen LogP contribution in [0.4, 0.5) is 0 Å². The Morgan fingerprint density at radius 2 is 2.14 bits per heavy atom. The van der Waals surface area contributed by atoms with Gasteiger partial charge in [0, 0.05) is 19.3 Å². The summed E-state index contributed by atoms with van der Waals surface area (Å²) in [6.07, 6.45) is 3.47. The van der Waals surface area contributed by atoms with Gasteiger partial charge in [0.25, 0.3) is 0 Å². The molecule has 5 heteroatoms. The molecule has 2 rings (SSSR count). The fraction of sp³-hybridized carbons (Fsp3) is 0.375. The lowest BCUT2D eigenvalue weighted by atomic mass is 10.2. The summed E-state index contributed by atoms with van der Waals surface area (Å²) >= 11 is 0. The minimum Gasteiger partial charge on any atom is -0.476 e. The molecule has 0 saturated heterocycles. The molecule has 1 aromatic heterocycles. The van der Waals surface area contributed by atoms with Crippen LogP contribution in [-0.2, 0) is 13.1 Å². The quantitative estimate of drug-likeness (QED) is 0.792. The van der Waals surface area contributed by atoms with Crippen LogP contribution in [0.3, 0.4) is 0 Å². The molecule has 0 amide bonds. The van der Waals surface area contributed by atoms with E-state index < -0.39 is 6.10 Å². The fourth-order valence-corrected chi connectivity index (χ4v) is 1.93. The molecule has 110 valence electrons. The smallest absolute Gasteiger partial charge is 0.181 e. The third-order valence-corrected chi connectivity index (χ3v) is 3.03. The van der Waals surface area contributed by atoms with E-state index in [4.69, 9.17) is 10.00 Å². The van der Waals surface area contributed by atoms with Gasteiger partial charge in [-0.25, -0.2) is 0 Å². The van der Waals surface area contributed by atoms with Crippen molar-refractivity contribution in [2.24, 2.45) is 0 Å². The van der Waals surface area contributed by atoms with Crippen LogP contribution in [0.15, 0.2) is 36.7 Å². The topological polar surface area (TPSA) is 62.9 Å². The molecule has 1 N–H and O–H groups in total. The zero-order chi connectivity index (χ0) is 15.1. The number of hydrogen-bond acceptors (Lipinski definition) is 4. The van der Waals surface area contributed by atoms with E-state index in [0.717, 1.165) is 25.4 Å². The summed E-state index contributed by atoms with van der Waals surface area (Å²) in [6.45, 7) is 6.29. The van der Waals surface area contributed by atoms with E-state index in [-0.39, 0.29) is 0 Å². The maximum Gasteiger partial charge on any atom is 0.181 e. The highest BCUT2D eigenvalue weighted by Gasteiger charge is 2.01. The molecule has 1 atom stereocenters. The number of nitrogens with zero attached hydrogens (tertiary/aromatic N) is 3. The largest absolute Gasteiger partial charge is 0.476 e. The Morgan fingerprint density at radius 1 is 1.38 bits per heavy atom. The number of nitriles is 1. The minimum atomic E-state index is -0.425. The Hall–Kier alpha value is -2.32. The van der Waals surface area contributed by atoms with Gasteiger partial charge in [-0.1, -0.05) is 12.1 Å². The van der Waals surface area contributed by atoms with E-state index in [1.807, 2.05) is 54.3 Å². The van der Waals surface area contributed by atoms with Crippen LogP contribution in [0, 0.1) is 18.3 Å². The van der Waals surface area contributed by atoms with E-state index >= 15 is 0 Å². The van der Waals surface area contributed by atoms with Gasteiger partial charge >= 0.3 is 0 Å². The van der Waals surface area contributed by atoms with Gasteiger partial charge in [-0.15, -0.1) is 0 Å². The van der Waals surface area contributed by atoms with Gasteiger partial charge in [-0.3, -0.25) is 4.68 Å². The maximum atomic E-state index is 8.70. The van der Waals surface area contributed by atoms with Gasteiger partial charge in [-0.2, -0.15) is 10.4 Å². The first kappa shape index (κ1) is 15.1. The molecule has 21 heavy (non-hydrogen) atoms. The van der Waals surface area contributed by atoms with Gasteiger partial charge in [-0.05, 0) is 37.1 Å². The van der Waals surface area contributed by atoms with Crippen molar-refractivity contribution in [2.75, 3.05) is 6.54 Å². The average molecular weight is 284 g/mol. The summed E-state index contributed by atoms with van der Waals surface area (Å²) in [4.78, 5) is 0. The molecule has 0 radical (unpaired) electrons. The van der Waals surface area contributed by atoms with Crippen molar-refractivity contribution in [3.63, 3.8) is 0 Å². The van der Waals surface area contributed by atoms with Gasteiger partial charge < -0.3 is 10.1 Å². The predicted octanol–water partition coefficient (Wildman–Crippen LogP) is 2.27. The normalized spacial score (nSPS) is 11.9. The SMILES string of the molecule is Cc1cnn(CCNCc2ccc(O[C@H](C)C#N)cc2)c1. The molecule has 0 unspecified atom stereocenters. The summed E-state index contributed by atoms with van der Waals surface area (Å²) < 4.78 is 7.34. The number of benzene rings is 1. The number of hydrogen-bond donors (Lipinski definition) is 1. The van der Waals surface area contributed by atoms with Crippen LogP contribution in [0.2, 0.25) is 0 Å². The molecule has 0 bridgehead atoms. The van der Waals surface area contributed by atoms with Crippen molar-refractivity contribution in [2.45, 2.75) is 33.0 Å². The molecule has 2 aromatic rings. The monoisotopic (exact) mass is 284 g/mol. The Balaban J connectivity index is 1.72. The van der Waals surface area contributed by atoms with E-state index in [1.165, 1.54) is 11.1 Å². The van der Waals surface area contributed by atoms with Crippen molar-refractivity contribution in [1.29, 1.82) is 5.26 Å². The fourth-order valence-electron chi connectivity index (χ4n) is 1.93. The van der Waals surface area contributed by atoms with Crippen LogP contribution >= 0.6 is 0 Å². The van der Waals surface area contributed by atoms with Gasteiger partial charge in [0.1, 0.15) is 11.8 Å². The Kier molecular flexibility index (Phi) is 5.35. The van der Waals surface area contributed by atoms with Crippen molar-refractivity contribution in [3.8, 4) is 11.8 Å². The molecule has 0 aliphatic heterocycles. The summed E-state index contributed by atoms with van der Waals surface area (Å²) in [7, 11) is 0. The summed E-state index contributed by atoms with van der Waals surface area (Å²) in [6, 6.07) is 9.83. The molecular weight excluding hydrogens is 264 g/mol. The second kappa shape index (κ2) is 7.46. The average Bonchev–Trinajstić information content (AvgIpc) is 2.91. The zero-order valence-corrected chi connectivity index (χ0v) is 12.4. The summed E-state index contributed by atoms with van der Waals surface area (Å²) in [5.74, 6) is 0.722. The third kappa shape index (κ3) is 4.93. The van der Waals surface area contributed by atoms with Crippen molar-refractivity contribution < 1.29 is 4.74 Å². The number of aryl methyl sites for hydroxylation is 1. The molecule has 0 fully saturated rings. The van der Waals surface area contributed by atoms with E-state index in [1.54, 1.807) is 6.92 Å². The third-order valence-electron chi connectivity index (χ3n) is 3.03. The second-order valence-electron chi connectivity index (χ2n) is 4.99. The lowest BCUT2D eigenvalue weighted by molar-refractivity contribution is 0.276. The molecule has 1 aromatic carbocycles. The first-order chi connectivity index (χ1) is 10.2. The molecule has 0 saturated carbocycles. The summed E-state index contributed by atoms with van der Waals surface area (Å²) in [5, 5.41) is 16.3. The number of nitrogens with one attached hydrogen (secondary N) is 1. The Bertz CT molecular complexity index is 597. The first-order valence-electron chi connectivity index (χ1n) is 7.02. The van der Waals surface area contributed by atoms with Crippen LogP contribution in [0.25, 0.3) is 0 Å². The lowest BCUT2D eigenvalue weighted by Crippen LogP contribution is -2.19. The van der Waals surface area contributed by atoms with E-state index in [2.05, 4.69) is 10.4 Å². The molecule has 1 heterocycles. The van der Waals surface area contributed by atoms with E-state index in [0.29, 0.717) is 0 Å². The van der Waals surface area contributed by atoms with Gasteiger partial charge in [0.2, 0.25) is 0 Å². The molecule has 0 spiro atoms. The maximum absolute atomic E-state index is 8.70. The number of rotatable bonds is 7.